The second-order valence-corrected chi connectivity index (χ2v) is 10.3. The first-order chi connectivity index (χ1) is 18.1. The van der Waals surface area contributed by atoms with E-state index < -0.39 is 0 Å². The minimum Gasteiger partial charge on any atom is -0.355 e. The highest BCUT2D eigenvalue weighted by Crippen LogP contribution is 2.18. The summed E-state index contributed by atoms with van der Waals surface area (Å²) in [5.74, 6) is 2.31. The fraction of sp³-hybridized carbons (Fsp3) is 0.394. The van der Waals surface area contributed by atoms with E-state index in [0.29, 0.717) is 0 Å². The van der Waals surface area contributed by atoms with Crippen LogP contribution >= 0.6 is 24.8 Å². The molecule has 0 saturated carbocycles. The van der Waals surface area contributed by atoms with Crippen LogP contribution in [0.15, 0.2) is 76.7 Å². The van der Waals surface area contributed by atoms with Crippen LogP contribution in [0.5, 0.6) is 0 Å². The zero-order valence-corrected chi connectivity index (χ0v) is 25.2. The minimum absolute atomic E-state index is 0. The van der Waals surface area contributed by atoms with Gasteiger partial charge in [0.05, 0.1) is 13.1 Å². The lowest BCUT2D eigenvalue weighted by Gasteiger charge is -2.18. The van der Waals surface area contributed by atoms with Crippen molar-refractivity contribution >= 4 is 36.5 Å². The number of nitrogens with zero attached hydrogens (tertiary/aromatic N) is 4. The van der Waals surface area contributed by atoms with Crippen LogP contribution in [0, 0.1) is 6.92 Å². The highest BCUT2D eigenvalue weighted by atomic mass is 35.5. The second kappa shape index (κ2) is 14.5. The molecule has 0 aromatic heterocycles. The van der Waals surface area contributed by atoms with Crippen molar-refractivity contribution in [2.24, 2.45) is 9.98 Å². The Balaban J connectivity index is 0.00000210. The van der Waals surface area contributed by atoms with Crippen LogP contribution < -0.4 is 0 Å². The van der Waals surface area contributed by atoms with E-state index in [4.69, 9.17) is 9.98 Å². The maximum absolute atomic E-state index is 4.70. The summed E-state index contributed by atoms with van der Waals surface area (Å²) in [7, 11) is 0. The molecule has 208 valence electrons. The van der Waals surface area contributed by atoms with E-state index in [0.717, 1.165) is 76.6 Å². The first-order valence-electron chi connectivity index (χ1n) is 14.0. The van der Waals surface area contributed by atoms with Crippen LogP contribution in [-0.2, 0) is 25.7 Å². The molecule has 0 amide bonds. The third kappa shape index (κ3) is 7.64. The zero-order valence-electron chi connectivity index (χ0n) is 23.5. The molecule has 0 saturated heterocycles. The summed E-state index contributed by atoms with van der Waals surface area (Å²) in [4.78, 5) is 14.1. The molecule has 3 aromatic carbocycles. The van der Waals surface area contributed by atoms with Crippen molar-refractivity contribution in [3.05, 3.63) is 106 Å². The van der Waals surface area contributed by atoms with Crippen molar-refractivity contribution in [3.8, 4) is 0 Å². The number of aryl methyl sites for hydroxylation is 5. The van der Waals surface area contributed by atoms with Gasteiger partial charge in [0.25, 0.3) is 0 Å². The molecule has 0 spiro atoms. The minimum atomic E-state index is 0. The molecule has 0 fully saturated rings. The van der Waals surface area contributed by atoms with Gasteiger partial charge in [0.15, 0.2) is 0 Å². The van der Waals surface area contributed by atoms with Crippen molar-refractivity contribution in [1.82, 2.24) is 9.80 Å². The molecule has 0 radical (unpaired) electrons. The number of hydrogen-bond donors (Lipinski definition) is 0. The quantitative estimate of drug-likeness (QED) is 0.278. The van der Waals surface area contributed by atoms with Gasteiger partial charge in [0.1, 0.15) is 11.7 Å². The normalized spacial score (nSPS) is 14.5. The van der Waals surface area contributed by atoms with Crippen molar-refractivity contribution in [3.63, 3.8) is 0 Å². The Bertz CT molecular complexity index is 1170. The van der Waals surface area contributed by atoms with E-state index in [1.54, 1.807) is 0 Å². The molecule has 5 rings (SSSR count). The van der Waals surface area contributed by atoms with Crippen molar-refractivity contribution < 1.29 is 0 Å². The fourth-order valence-electron chi connectivity index (χ4n) is 5.58. The Morgan fingerprint density at radius 2 is 0.949 bits per heavy atom. The molecule has 2 aliphatic heterocycles. The molecule has 0 aliphatic carbocycles. The molecule has 0 unspecified atom stereocenters. The van der Waals surface area contributed by atoms with Gasteiger partial charge in [-0.05, 0) is 68.7 Å². The molecule has 0 atom stereocenters. The van der Waals surface area contributed by atoms with Gasteiger partial charge >= 0.3 is 0 Å². The molecule has 0 N–H and O–H groups in total. The average molecular weight is 566 g/mol. The maximum Gasteiger partial charge on any atom is 0.131 e. The van der Waals surface area contributed by atoms with Crippen LogP contribution in [0.3, 0.4) is 0 Å². The molecule has 2 aliphatic rings. The molecular weight excluding hydrogens is 523 g/mol. The Kier molecular flexibility index (Phi) is 11.4. The molecule has 6 heteroatoms. The number of amidine groups is 2. The monoisotopic (exact) mass is 564 g/mol. The number of benzene rings is 3. The highest BCUT2D eigenvalue weighted by Gasteiger charge is 2.17. The van der Waals surface area contributed by atoms with Gasteiger partial charge in [-0.25, -0.2) is 0 Å². The average Bonchev–Trinajstić information content (AvgIpc) is 3.61. The molecule has 3 aromatic rings. The molecule has 2 heterocycles. The summed E-state index contributed by atoms with van der Waals surface area (Å²) in [6.07, 6.45) is 4.27. The lowest BCUT2D eigenvalue weighted by molar-refractivity contribution is 0.484. The summed E-state index contributed by atoms with van der Waals surface area (Å²) in [6.45, 7) is 12.6. The van der Waals surface area contributed by atoms with Gasteiger partial charge in [-0.15, -0.1) is 24.8 Å². The number of likely N-dealkylation sites (N-methyl/N-ethyl adjacent to an activating group) is 2. The van der Waals surface area contributed by atoms with E-state index in [9.17, 15) is 0 Å². The van der Waals surface area contributed by atoms with E-state index in [1.807, 2.05) is 0 Å². The summed E-state index contributed by atoms with van der Waals surface area (Å²) in [6, 6.07) is 25.2. The zero-order chi connectivity index (χ0) is 25.6. The van der Waals surface area contributed by atoms with Gasteiger partial charge in [-0.2, -0.15) is 0 Å². The van der Waals surface area contributed by atoms with Crippen LogP contribution in [0.1, 0.15) is 52.8 Å². The molecule has 4 nitrogen and oxygen atoms in total. The van der Waals surface area contributed by atoms with Crippen LogP contribution in [0.4, 0.5) is 0 Å². The Morgan fingerprint density at radius 3 is 1.33 bits per heavy atom. The first-order valence-corrected chi connectivity index (χ1v) is 14.0. The van der Waals surface area contributed by atoms with Gasteiger partial charge in [0.2, 0.25) is 0 Å². The van der Waals surface area contributed by atoms with Crippen LogP contribution in [-0.4, -0.2) is 60.7 Å². The summed E-state index contributed by atoms with van der Waals surface area (Å²) in [5.41, 5.74) is 9.50. The Hall–Kier alpha value is -2.82. The summed E-state index contributed by atoms with van der Waals surface area (Å²) in [5, 5.41) is 0. The topological polar surface area (TPSA) is 31.2 Å². The standard InChI is InChI=1S/C33H40N4.2ClH/c1-4-36-20-18-34-32(36)30-14-10-26(11-15-30)6-8-28-22-25(3)23-29(24-28)9-7-27-12-16-31(17-13-27)33-35-19-21-37(33)5-2;;/h10-17,22-24H,4-9,18-21H2,1-3H3;2*1H. The second-order valence-electron chi connectivity index (χ2n) is 10.3. The smallest absolute Gasteiger partial charge is 0.131 e. The van der Waals surface area contributed by atoms with Crippen LogP contribution in [0.25, 0.3) is 0 Å². The lowest BCUT2D eigenvalue weighted by atomic mass is 9.96. The Morgan fingerprint density at radius 1 is 0.564 bits per heavy atom. The molecule has 0 bridgehead atoms. The highest BCUT2D eigenvalue weighted by molar-refractivity contribution is 6.00. The van der Waals surface area contributed by atoms with E-state index in [2.05, 4.69) is 97.3 Å². The predicted octanol–water partition coefficient (Wildman–Crippen LogP) is 6.57. The number of hydrogen-bond acceptors (Lipinski definition) is 4. The van der Waals surface area contributed by atoms with E-state index in [-0.39, 0.29) is 24.8 Å². The van der Waals surface area contributed by atoms with Gasteiger partial charge < -0.3 is 9.80 Å². The Labute approximate surface area is 247 Å². The largest absolute Gasteiger partial charge is 0.355 e. The van der Waals surface area contributed by atoms with E-state index >= 15 is 0 Å². The summed E-state index contributed by atoms with van der Waals surface area (Å²) >= 11 is 0. The SMILES string of the molecule is CCN1CCN=C1c1ccc(CCc2cc(C)cc(CCc3ccc(C4=NCCN4CC)cc3)c2)cc1.Cl.Cl. The fourth-order valence-corrected chi connectivity index (χ4v) is 5.58. The van der Waals surface area contributed by atoms with Gasteiger partial charge in [0, 0.05) is 37.3 Å². The third-order valence-corrected chi connectivity index (χ3v) is 7.65. The van der Waals surface area contributed by atoms with Crippen molar-refractivity contribution in [2.75, 3.05) is 39.3 Å². The first kappa shape index (κ1) is 30.7. The predicted molar refractivity (Wildman–Crippen MR) is 171 cm³/mol. The lowest BCUT2D eigenvalue weighted by Crippen LogP contribution is -2.27. The third-order valence-electron chi connectivity index (χ3n) is 7.65. The number of rotatable bonds is 10. The maximum atomic E-state index is 4.70. The number of aliphatic imine (C=N–C) groups is 2. The van der Waals surface area contributed by atoms with Gasteiger partial charge in [-0.3, -0.25) is 9.98 Å². The van der Waals surface area contributed by atoms with Crippen molar-refractivity contribution in [1.29, 1.82) is 0 Å². The van der Waals surface area contributed by atoms with Crippen LogP contribution in [0.2, 0.25) is 0 Å². The summed E-state index contributed by atoms with van der Waals surface area (Å²) < 4.78 is 0. The van der Waals surface area contributed by atoms with Gasteiger partial charge in [-0.1, -0.05) is 72.3 Å². The van der Waals surface area contributed by atoms with E-state index in [1.165, 1.54) is 38.9 Å². The number of halogens is 2. The molecular formula is C33H42Cl2N4. The van der Waals surface area contributed by atoms with Crippen molar-refractivity contribution in [2.45, 2.75) is 46.5 Å². The molecule has 39 heavy (non-hydrogen) atoms.